The lowest BCUT2D eigenvalue weighted by Crippen LogP contribution is -2.49. The van der Waals surface area contributed by atoms with Crippen molar-refractivity contribution in [2.75, 3.05) is 0 Å². The van der Waals surface area contributed by atoms with E-state index in [2.05, 4.69) is 24.3 Å². The van der Waals surface area contributed by atoms with Crippen LogP contribution in [0.4, 0.5) is 0 Å². The molecule has 1 heterocycles. The summed E-state index contributed by atoms with van der Waals surface area (Å²) >= 11 is 6.26. The Balaban J connectivity index is 2.89. The molecule has 0 saturated carbocycles. The lowest BCUT2D eigenvalue weighted by atomic mass is 10.1. The molecule has 1 rings (SSSR count). The van der Waals surface area contributed by atoms with Crippen LogP contribution in [0.25, 0.3) is 6.08 Å². The Bertz CT molecular complexity index is 603. The highest BCUT2D eigenvalue weighted by Gasteiger charge is 2.28. The zero-order valence-corrected chi connectivity index (χ0v) is 14.2. The van der Waals surface area contributed by atoms with E-state index in [1.165, 1.54) is 19.9 Å². The van der Waals surface area contributed by atoms with Crippen molar-refractivity contribution in [1.82, 2.24) is 15.1 Å². The first-order valence-corrected chi connectivity index (χ1v) is 7.39. The molecule has 0 fully saturated rings. The molecule has 0 spiro atoms. The van der Waals surface area contributed by atoms with Crippen LogP contribution in [0.15, 0.2) is 6.08 Å². The molecule has 1 aromatic heterocycles. The van der Waals surface area contributed by atoms with E-state index in [1.54, 1.807) is 10.8 Å². The van der Waals surface area contributed by atoms with Crippen molar-refractivity contribution >= 4 is 29.6 Å². The lowest BCUT2D eigenvalue weighted by Gasteiger charge is -2.19. The van der Waals surface area contributed by atoms with Crippen molar-refractivity contribution in [3.8, 4) is 0 Å². The molecule has 122 valence electrons. The van der Waals surface area contributed by atoms with E-state index < -0.39 is 17.4 Å². The summed E-state index contributed by atoms with van der Waals surface area (Å²) in [4.78, 5) is 22.8. The van der Waals surface area contributed by atoms with E-state index >= 15 is 0 Å². The lowest BCUT2D eigenvalue weighted by molar-refractivity contribution is -0.145. The van der Waals surface area contributed by atoms with Gasteiger partial charge >= 0.3 is 5.97 Å². The summed E-state index contributed by atoms with van der Waals surface area (Å²) in [5.41, 5.74) is 0.0417. The second-order valence-corrected chi connectivity index (χ2v) is 6.48. The molecule has 0 unspecified atom stereocenters. The van der Waals surface area contributed by atoms with Crippen LogP contribution in [0.5, 0.6) is 0 Å². The van der Waals surface area contributed by atoms with Crippen molar-refractivity contribution < 1.29 is 14.7 Å². The second kappa shape index (κ2) is 6.96. The Hall–Kier alpha value is -1.82. The number of halogens is 1. The molecule has 1 amide bonds. The monoisotopic (exact) mass is 327 g/mol. The SMILES string of the molecule is Cc1nn(CC(C)C)c(Cl)c1/C=C/C(=O)NC(C)(C)C(=O)O. The molecule has 0 saturated heterocycles. The van der Waals surface area contributed by atoms with Crippen molar-refractivity contribution in [1.29, 1.82) is 0 Å². The first-order chi connectivity index (χ1) is 10.0. The highest BCUT2D eigenvalue weighted by molar-refractivity contribution is 6.31. The van der Waals surface area contributed by atoms with Crippen molar-refractivity contribution in [3.63, 3.8) is 0 Å². The molecule has 1 aromatic rings. The van der Waals surface area contributed by atoms with Crippen LogP contribution in [0.3, 0.4) is 0 Å². The van der Waals surface area contributed by atoms with Gasteiger partial charge in [-0.2, -0.15) is 5.10 Å². The average Bonchev–Trinajstić information content (AvgIpc) is 2.60. The van der Waals surface area contributed by atoms with Gasteiger partial charge in [-0.1, -0.05) is 25.4 Å². The standard InChI is InChI=1S/C15H22ClN3O3/c1-9(2)8-19-13(16)11(10(3)18-19)6-7-12(20)17-15(4,5)14(21)22/h6-7,9H,8H2,1-5H3,(H,17,20)(H,21,22)/b7-6+. The molecule has 0 radical (unpaired) electrons. The third-order valence-electron chi connectivity index (χ3n) is 3.02. The van der Waals surface area contributed by atoms with Crippen LogP contribution < -0.4 is 5.32 Å². The Morgan fingerprint density at radius 3 is 2.55 bits per heavy atom. The van der Waals surface area contributed by atoms with Crippen molar-refractivity contribution in [2.45, 2.75) is 46.7 Å². The topological polar surface area (TPSA) is 84.2 Å². The van der Waals surface area contributed by atoms with Crippen molar-refractivity contribution in [2.24, 2.45) is 5.92 Å². The predicted octanol–water partition coefficient (Wildman–Crippen LogP) is 2.49. The number of hydrogen-bond donors (Lipinski definition) is 2. The minimum Gasteiger partial charge on any atom is -0.480 e. The van der Waals surface area contributed by atoms with Gasteiger partial charge in [0, 0.05) is 18.2 Å². The van der Waals surface area contributed by atoms with Gasteiger partial charge in [0.25, 0.3) is 0 Å². The number of aliphatic carboxylic acids is 1. The molecule has 0 aliphatic carbocycles. The van der Waals surface area contributed by atoms with Gasteiger partial charge in [-0.05, 0) is 32.8 Å². The van der Waals surface area contributed by atoms with E-state index in [9.17, 15) is 9.59 Å². The van der Waals surface area contributed by atoms with E-state index in [0.717, 1.165) is 0 Å². The zero-order valence-electron chi connectivity index (χ0n) is 13.5. The van der Waals surface area contributed by atoms with Crippen LogP contribution >= 0.6 is 11.6 Å². The zero-order chi connectivity index (χ0) is 17.1. The van der Waals surface area contributed by atoms with Gasteiger partial charge in [-0.3, -0.25) is 9.48 Å². The Labute approximate surface area is 135 Å². The number of amides is 1. The number of carboxylic acid groups (broad SMARTS) is 1. The molecule has 7 heteroatoms. The molecule has 0 aliphatic heterocycles. The third kappa shape index (κ3) is 4.59. The summed E-state index contributed by atoms with van der Waals surface area (Å²) < 4.78 is 1.69. The Morgan fingerprint density at radius 1 is 1.45 bits per heavy atom. The minimum absolute atomic E-state index is 0.397. The molecule has 0 atom stereocenters. The number of carbonyl (C=O) groups excluding carboxylic acids is 1. The molecule has 22 heavy (non-hydrogen) atoms. The fourth-order valence-electron chi connectivity index (χ4n) is 1.79. The fraction of sp³-hybridized carbons (Fsp3) is 0.533. The second-order valence-electron chi connectivity index (χ2n) is 6.12. The van der Waals surface area contributed by atoms with Gasteiger partial charge < -0.3 is 10.4 Å². The number of rotatable bonds is 6. The summed E-state index contributed by atoms with van der Waals surface area (Å²) in [6.07, 6.45) is 2.81. The molecular weight excluding hydrogens is 306 g/mol. The van der Waals surface area contributed by atoms with Crippen LogP contribution in [0, 0.1) is 12.8 Å². The Morgan fingerprint density at radius 2 is 2.05 bits per heavy atom. The highest BCUT2D eigenvalue weighted by atomic mass is 35.5. The van der Waals surface area contributed by atoms with Crippen LogP contribution in [0.2, 0.25) is 5.15 Å². The number of carboxylic acids is 1. The summed E-state index contributed by atoms with van der Waals surface area (Å²) in [6, 6.07) is 0. The molecule has 0 aliphatic rings. The smallest absolute Gasteiger partial charge is 0.328 e. The highest BCUT2D eigenvalue weighted by Crippen LogP contribution is 2.22. The maximum atomic E-state index is 11.8. The largest absolute Gasteiger partial charge is 0.480 e. The molecule has 6 nitrogen and oxygen atoms in total. The quantitative estimate of drug-likeness (QED) is 0.786. The molecule has 0 bridgehead atoms. The Kier molecular flexibility index (Phi) is 5.77. The van der Waals surface area contributed by atoms with Crippen LogP contribution in [-0.4, -0.2) is 32.3 Å². The summed E-state index contributed by atoms with van der Waals surface area (Å²) in [5, 5.41) is 16.2. The number of aromatic nitrogens is 2. The maximum absolute atomic E-state index is 11.8. The van der Waals surface area contributed by atoms with E-state index in [1.807, 2.05) is 6.92 Å². The van der Waals surface area contributed by atoms with Gasteiger partial charge in [0.15, 0.2) is 0 Å². The fourth-order valence-corrected chi connectivity index (χ4v) is 2.09. The number of nitrogens with zero attached hydrogens (tertiary/aromatic N) is 2. The summed E-state index contributed by atoms with van der Waals surface area (Å²) in [6.45, 7) is 9.45. The van der Waals surface area contributed by atoms with Gasteiger partial charge in [-0.15, -0.1) is 0 Å². The molecule has 2 N–H and O–H groups in total. The normalized spacial score (nSPS) is 12.1. The molecule has 0 aromatic carbocycles. The minimum atomic E-state index is -1.33. The van der Waals surface area contributed by atoms with Gasteiger partial charge in [0.2, 0.25) is 5.91 Å². The van der Waals surface area contributed by atoms with E-state index in [-0.39, 0.29) is 0 Å². The van der Waals surface area contributed by atoms with Gasteiger partial charge in [-0.25, -0.2) is 4.79 Å². The maximum Gasteiger partial charge on any atom is 0.328 e. The number of hydrogen-bond acceptors (Lipinski definition) is 3. The summed E-state index contributed by atoms with van der Waals surface area (Å²) in [5.74, 6) is -1.21. The summed E-state index contributed by atoms with van der Waals surface area (Å²) in [7, 11) is 0. The van der Waals surface area contributed by atoms with E-state index in [0.29, 0.717) is 28.9 Å². The first kappa shape index (κ1) is 18.2. The molecular formula is C15H22ClN3O3. The van der Waals surface area contributed by atoms with Crippen LogP contribution in [0.1, 0.15) is 39.0 Å². The van der Waals surface area contributed by atoms with Crippen LogP contribution in [-0.2, 0) is 16.1 Å². The van der Waals surface area contributed by atoms with Gasteiger partial charge in [0.05, 0.1) is 5.69 Å². The first-order valence-electron chi connectivity index (χ1n) is 7.01. The van der Waals surface area contributed by atoms with E-state index in [4.69, 9.17) is 16.7 Å². The third-order valence-corrected chi connectivity index (χ3v) is 3.42. The predicted molar refractivity (Wildman–Crippen MR) is 85.7 cm³/mol. The van der Waals surface area contributed by atoms with Crippen molar-refractivity contribution in [3.05, 3.63) is 22.5 Å². The van der Waals surface area contributed by atoms with Gasteiger partial charge in [0.1, 0.15) is 10.7 Å². The number of aryl methyl sites for hydroxylation is 1. The number of nitrogens with one attached hydrogen (secondary N) is 1. The number of carbonyl (C=O) groups is 2. The average molecular weight is 328 g/mol.